The van der Waals surface area contributed by atoms with Crippen molar-refractivity contribution in [1.29, 1.82) is 0 Å². The molecule has 3 rings (SSSR count). The first kappa shape index (κ1) is 16.0. The first-order valence-electron chi connectivity index (χ1n) is 7.27. The van der Waals surface area contributed by atoms with Crippen LogP contribution < -0.4 is 9.64 Å². The first-order chi connectivity index (χ1) is 11.6. The number of hydrogen-bond acceptors (Lipinski definition) is 4. The van der Waals surface area contributed by atoms with E-state index in [1.165, 1.54) is 18.2 Å². The Hall–Kier alpha value is -2.83. The van der Waals surface area contributed by atoms with Crippen molar-refractivity contribution < 1.29 is 17.9 Å². The molecule has 24 heavy (non-hydrogen) atoms. The summed E-state index contributed by atoms with van der Waals surface area (Å²) in [7, 11) is 1.19. The molecule has 0 saturated carbocycles. The molecule has 124 valence electrons. The lowest BCUT2D eigenvalue weighted by molar-refractivity contribution is 0.361. The Kier molecular flexibility index (Phi) is 4.24. The summed E-state index contributed by atoms with van der Waals surface area (Å²) in [4.78, 5) is 10.1. The molecule has 0 aliphatic heterocycles. The van der Waals surface area contributed by atoms with Crippen LogP contribution in [0.2, 0.25) is 0 Å². The van der Waals surface area contributed by atoms with E-state index in [-0.39, 0.29) is 18.0 Å². The minimum Gasteiger partial charge on any atom is -0.493 e. The van der Waals surface area contributed by atoms with E-state index < -0.39 is 17.5 Å². The van der Waals surface area contributed by atoms with E-state index in [0.717, 1.165) is 6.07 Å². The number of aromatic nitrogens is 2. The molecule has 0 radical (unpaired) electrons. The lowest BCUT2D eigenvalue weighted by Gasteiger charge is -2.23. The van der Waals surface area contributed by atoms with Crippen molar-refractivity contribution in [2.75, 3.05) is 18.6 Å². The molecule has 0 aliphatic carbocycles. The SMILES string of the molecule is CCN(c1cnc2ccccc2n1)c1cc(OC)c(F)c(F)c1F. The van der Waals surface area contributed by atoms with E-state index in [4.69, 9.17) is 4.74 Å². The highest BCUT2D eigenvalue weighted by Gasteiger charge is 2.24. The van der Waals surface area contributed by atoms with Gasteiger partial charge in [0.2, 0.25) is 5.82 Å². The summed E-state index contributed by atoms with van der Waals surface area (Å²) in [5.74, 6) is -4.31. The molecule has 0 N–H and O–H groups in total. The standard InChI is InChI=1S/C17H14F3N3O/c1-3-23(12-8-13(24-2)16(19)17(20)15(12)18)14-9-21-10-6-4-5-7-11(10)22-14/h4-9H,3H2,1-2H3. The maximum Gasteiger partial charge on any atom is 0.203 e. The topological polar surface area (TPSA) is 38.2 Å². The zero-order valence-electron chi connectivity index (χ0n) is 13.1. The maximum absolute atomic E-state index is 14.3. The second-order valence-corrected chi connectivity index (χ2v) is 5.00. The minimum absolute atomic E-state index is 0.169. The number of benzene rings is 2. The third-order valence-electron chi connectivity index (χ3n) is 3.63. The van der Waals surface area contributed by atoms with E-state index in [1.807, 2.05) is 6.07 Å². The van der Waals surface area contributed by atoms with Gasteiger partial charge in [0.25, 0.3) is 0 Å². The lowest BCUT2D eigenvalue weighted by atomic mass is 10.2. The number of fused-ring (bicyclic) bond motifs is 1. The quantitative estimate of drug-likeness (QED) is 0.670. The molecule has 0 saturated heterocycles. The Morgan fingerprint density at radius 1 is 1.04 bits per heavy atom. The average Bonchev–Trinajstić information content (AvgIpc) is 2.62. The van der Waals surface area contributed by atoms with Crippen molar-refractivity contribution in [2.45, 2.75) is 6.92 Å². The van der Waals surface area contributed by atoms with E-state index in [0.29, 0.717) is 16.9 Å². The number of hydrogen-bond donors (Lipinski definition) is 0. The van der Waals surface area contributed by atoms with E-state index >= 15 is 0 Å². The van der Waals surface area contributed by atoms with Crippen molar-refractivity contribution in [3.05, 3.63) is 54.0 Å². The highest BCUT2D eigenvalue weighted by molar-refractivity contribution is 5.76. The third kappa shape index (κ3) is 2.62. The number of halogens is 3. The monoisotopic (exact) mass is 333 g/mol. The summed E-state index contributed by atoms with van der Waals surface area (Å²) >= 11 is 0. The Labute approximate surface area is 136 Å². The second kappa shape index (κ2) is 6.35. The van der Waals surface area contributed by atoms with E-state index in [2.05, 4.69) is 9.97 Å². The number of para-hydroxylation sites is 2. The number of methoxy groups -OCH3 is 1. The maximum atomic E-state index is 14.3. The zero-order valence-corrected chi connectivity index (χ0v) is 13.1. The van der Waals surface area contributed by atoms with Gasteiger partial charge in [0, 0.05) is 12.6 Å². The minimum atomic E-state index is -1.59. The van der Waals surface area contributed by atoms with Gasteiger partial charge in [0.15, 0.2) is 23.2 Å². The van der Waals surface area contributed by atoms with Gasteiger partial charge in [-0.3, -0.25) is 4.98 Å². The molecule has 3 aromatic rings. The van der Waals surface area contributed by atoms with Crippen molar-refractivity contribution in [3.63, 3.8) is 0 Å². The highest BCUT2D eigenvalue weighted by atomic mass is 19.2. The van der Waals surface area contributed by atoms with Gasteiger partial charge in [-0.2, -0.15) is 4.39 Å². The van der Waals surface area contributed by atoms with Crippen molar-refractivity contribution in [3.8, 4) is 5.75 Å². The first-order valence-corrected chi connectivity index (χ1v) is 7.27. The van der Waals surface area contributed by atoms with Crippen LogP contribution in [0.5, 0.6) is 5.75 Å². The summed E-state index contributed by atoms with van der Waals surface area (Å²) in [6.45, 7) is 2.02. The predicted molar refractivity (Wildman–Crippen MR) is 85.1 cm³/mol. The van der Waals surface area contributed by atoms with Crippen LogP contribution >= 0.6 is 0 Å². The fourth-order valence-corrected chi connectivity index (χ4v) is 2.45. The Bertz CT molecular complexity index is 902. The highest BCUT2D eigenvalue weighted by Crippen LogP contribution is 2.34. The number of anilines is 2. The molecule has 0 bridgehead atoms. The molecule has 4 nitrogen and oxygen atoms in total. The molecule has 0 fully saturated rings. The summed E-state index contributed by atoms with van der Waals surface area (Å²) in [5.41, 5.74) is 1.13. The van der Waals surface area contributed by atoms with Gasteiger partial charge >= 0.3 is 0 Å². The fraction of sp³-hybridized carbons (Fsp3) is 0.176. The molecule has 7 heteroatoms. The number of ether oxygens (including phenoxy) is 1. The van der Waals surface area contributed by atoms with Crippen LogP contribution in [-0.2, 0) is 0 Å². The fourth-order valence-electron chi connectivity index (χ4n) is 2.45. The Balaban J connectivity index is 2.15. The molecule has 0 atom stereocenters. The van der Waals surface area contributed by atoms with Crippen molar-refractivity contribution in [1.82, 2.24) is 9.97 Å². The van der Waals surface area contributed by atoms with Crippen LogP contribution in [0.25, 0.3) is 11.0 Å². The predicted octanol–water partition coefficient (Wildman–Crippen LogP) is 4.21. The molecule has 0 amide bonds. The van der Waals surface area contributed by atoms with E-state index in [1.54, 1.807) is 25.1 Å². The van der Waals surface area contributed by atoms with Crippen LogP contribution in [0.1, 0.15) is 6.92 Å². The lowest BCUT2D eigenvalue weighted by Crippen LogP contribution is -2.20. The van der Waals surface area contributed by atoms with Gasteiger partial charge in [-0.1, -0.05) is 12.1 Å². The van der Waals surface area contributed by atoms with Gasteiger partial charge in [-0.25, -0.2) is 13.8 Å². The van der Waals surface area contributed by atoms with Gasteiger partial charge in [-0.15, -0.1) is 0 Å². The van der Waals surface area contributed by atoms with Gasteiger partial charge < -0.3 is 9.64 Å². The largest absolute Gasteiger partial charge is 0.493 e. The van der Waals surface area contributed by atoms with Crippen LogP contribution in [0.3, 0.4) is 0 Å². The molecule has 2 aromatic carbocycles. The van der Waals surface area contributed by atoms with Crippen molar-refractivity contribution >= 4 is 22.5 Å². The third-order valence-corrected chi connectivity index (χ3v) is 3.63. The van der Waals surface area contributed by atoms with Gasteiger partial charge in [0.05, 0.1) is 30.0 Å². The van der Waals surface area contributed by atoms with Crippen molar-refractivity contribution in [2.24, 2.45) is 0 Å². The van der Waals surface area contributed by atoms with Crippen LogP contribution in [0.4, 0.5) is 24.7 Å². The molecule has 0 unspecified atom stereocenters. The molecule has 1 aromatic heterocycles. The Morgan fingerprint density at radius 2 is 1.75 bits per heavy atom. The second-order valence-electron chi connectivity index (χ2n) is 5.00. The number of rotatable bonds is 4. The van der Waals surface area contributed by atoms with Crippen LogP contribution in [0, 0.1) is 17.5 Å². The average molecular weight is 333 g/mol. The zero-order chi connectivity index (χ0) is 17.3. The molecule has 1 heterocycles. The molecule has 0 spiro atoms. The summed E-state index contributed by atoms with van der Waals surface area (Å²) in [6, 6.07) is 8.30. The van der Waals surface area contributed by atoms with Crippen LogP contribution in [0.15, 0.2) is 36.5 Å². The van der Waals surface area contributed by atoms with Gasteiger partial charge in [-0.05, 0) is 19.1 Å². The van der Waals surface area contributed by atoms with Gasteiger partial charge in [0.1, 0.15) is 0 Å². The molecule has 0 aliphatic rings. The Morgan fingerprint density at radius 3 is 2.42 bits per heavy atom. The summed E-state index contributed by atoms with van der Waals surface area (Å²) < 4.78 is 46.5. The van der Waals surface area contributed by atoms with Crippen LogP contribution in [-0.4, -0.2) is 23.6 Å². The number of nitrogens with zero attached hydrogens (tertiary/aromatic N) is 3. The normalized spacial score (nSPS) is 10.9. The molecular formula is C17H14F3N3O. The smallest absolute Gasteiger partial charge is 0.203 e. The van der Waals surface area contributed by atoms with E-state index in [9.17, 15) is 13.2 Å². The summed E-state index contributed by atoms with van der Waals surface area (Å²) in [6.07, 6.45) is 1.46. The molecular weight excluding hydrogens is 319 g/mol. The summed E-state index contributed by atoms with van der Waals surface area (Å²) in [5, 5.41) is 0.